The number of hydrogen-bond acceptors (Lipinski definition) is 3. The SMILES string of the molecule is Cc1c(-c2cccc[n+]2C)ccc2ccccc12.Cc1c(-c2cccc[n+]2C)ccc2ccccc12.Cc1c(-c2cccc[n+]2C)ccc2cnccc12.Cc1c(-c2cccc[n+]2C)ccc2ncccc12.Cc1c(-c2cccc[n+]2C)cnc2ccccc12. The van der Waals surface area contributed by atoms with E-state index in [0.29, 0.717) is 0 Å². The molecule has 8 heterocycles. The molecule has 15 aromatic rings. The predicted molar refractivity (Wildman–Crippen MR) is 370 cm³/mol. The average Bonchev–Trinajstić information content (AvgIpc) is 1.24. The van der Waals surface area contributed by atoms with E-state index in [1.54, 1.807) is 0 Å². The van der Waals surface area contributed by atoms with Gasteiger partial charge >= 0.3 is 0 Å². The van der Waals surface area contributed by atoms with E-state index in [9.17, 15) is 0 Å². The number of aromatic nitrogens is 8. The highest BCUT2D eigenvalue weighted by molar-refractivity contribution is 5.93. The van der Waals surface area contributed by atoms with Crippen LogP contribution in [0.1, 0.15) is 27.8 Å². The van der Waals surface area contributed by atoms with Gasteiger partial charge in [0.2, 0.25) is 28.5 Å². The summed E-state index contributed by atoms with van der Waals surface area (Å²) in [6, 6.07) is 80.3. The van der Waals surface area contributed by atoms with Gasteiger partial charge in [-0.25, -0.2) is 22.8 Å². The van der Waals surface area contributed by atoms with Crippen molar-refractivity contribution in [2.24, 2.45) is 35.2 Å². The molecule has 15 rings (SSSR count). The molecule has 0 aliphatic carbocycles. The molecule has 0 amide bonds. The van der Waals surface area contributed by atoms with Crippen LogP contribution in [-0.2, 0) is 35.2 Å². The van der Waals surface area contributed by atoms with Crippen LogP contribution in [-0.4, -0.2) is 15.0 Å². The van der Waals surface area contributed by atoms with Crippen molar-refractivity contribution < 1.29 is 22.8 Å². The van der Waals surface area contributed by atoms with Crippen LogP contribution in [0, 0.1) is 34.6 Å². The number of rotatable bonds is 5. The van der Waals surface area contributed by atoms with Crippen LogP contribution in [0.15, 0.2) is 286 Å². The highest BCUT2D eigenvalue weighted by atomic mass is 14.9. The van der Waals surface area contributed by atoms with Crippen LogP contribution < -0.4 is 22.8 Å². The molecule has 8 heteroatoms. The quantitative estimate of drug-likeness (QED) is 0.161. The molecule has 0 fully saturated rings. The molecule has 0 radical (unpaired) electrons. The van der Waals surface area contributed by atoms with E-state index >= 15 is 0 Å². The third-order valence-electron chi connectivity index (χ3n) is 17.2. The van der Waals surface area contributed by atoms with Gasteiger partial charge in [-0.05, 0) is 168 Å². The predicted octanol–water partition coefficient (Wildman–Crippen LogP) is 16.4. The Hall–Kier alpha value is -11.0. The second-order valence-electron chi connectivity index (χ2n) is 22.9. The average molecular weight is 1170 g/mol. The van der Waals surface area contributed by atoms with Gasteiger partial charge in [-0.1, -0.05) is 91.0 Å². The zero-order valence-corrected chi connectivity index (χ0v) is 53.2. The first kappa shape index (κ1) is 60.7. The largest absolute Gasteiger partial charge is 0.264 e. The number of aryl methyl sites for hydroxylation is 10. The van der Waals surface area contributed by atoms with Crippen molar-refractivity contribution in [1.82, 2.24) is 15.0 Å². The second kappa shape index (κ2) is 27.8. The zero-order chi connectivity index (χ0) is 62.7. The van der Waals surface area contributed by atoms with Gasteiger partial charge in [0.1, 0.15) is 35.2 Å². The normalized spacial score (nSPS) is 10.8. The summed E-state index contributed by atoms with van der Waals surface area (Å²) in [5.74, 6) is 0. The topological polar surface area (TPSA) is 58.1 Å². The van der Waals surface area contributed by atoms with E-state index in [1.165, 1.54) is 127 Å². The Kier molecular flexibility index (Phi) is 18.8. The summed E-state index contributed by atoms with van der Waals surface area (Å²) >= 11 is 0. The molecule has 0 saturated carbocycles. The third kappa shape index (κ3) is 13.2. The molecule has 90 heavy (non-hydrogen) atoms. The fourth-order valence-electron chi connectivity index (χ4n) is 12.1. The van der Waals surface area contributed by atoms with Gasteiger partial charge in [-0.3, -0.25) is 15.0 Å². The van der Waals surface area contributed by atoms with Gasteiger partial charge in [-0.15, -0.1) is 0 Å². The molecule has 0 saturated heterocycles. The molecular formula is C82H77N8+5. The van der Waals surface area contributed by atoms with Crippen molar-refractivity contribution >= 4 is 54.1 Å². The van der Waals surface area contributed by atoms with Crippen LogP contribution in [0.4, 0.5) is 0 Å². The number of hydrogen-bond donors (Lipinski definition) is 0. The molecule has 0 spiro atoms. The molecule has 0 aliphatic heterocycles. The lowest BCUT2D eigenvalue weighted by molar-refractivity contribution is -0.660. The van der Waals surface area contributed by atoms with Gasteiger partial charge in [0.15, 0.2) is 31.0 Å². The molecular weight excluding hydrogens is 1100 g/mol. The molecule has 0 atom stereocenters. The van der Waals surface area contributed by atoms with Crippen LogP contribution in [0.5, 0.6) is 0 Å². The summed E-state index contributed by atoms with van der Waals surface area (Å²) in [5, 5.41) is 10.2. The van der Waals surface area contributed by atoms with Crippen molar-refractivity contribution in [3.8, 4) is 56.3 Å². The second-order valence-corrected chi connectivity index (χ2v) is 22.9. The minimum absolute atomic E-state index is 1.05. The molecule has 7 aromatic carbocycles. The Balaban J connectivity index is 0.000000116. The number of para-hydroxylation sites is 1. The Morgan fingerprint density at radius 3 is 1.00 bits per heavy atom. The summed E-state index contributed by atoms with van der Waals surface area (Å²) in [6.07, 6.45) is 17.9. The smallest absolute Gasteiger partial charge is 0.214 e. The highest BCUT2D eigenvalue weighted by Gasteiger charge is 2.18. The Morgan fingerprint density at radius 2 is 0.556 bits per heavy atom. The van der Waals surface area contributed by atoms with Crippen LogP contribution in [0.25, 0.3) is 110 Å². The summed E-state index contributed by atoms with van der Waals surface area (Å²) in [6.45, 7) is 10.9. The van der Waals surface area contributed by atoms with Crippen molar-refractivity contribution in [3.05, 3.63) is 314 Å². The summed E-state index contributed by atoms with van der Waals surface area (Å²) in [7, 11) is 10.4. The van der Waals surface area contributed by atoms with Crippen LogP contribution in [0.2, 0.25) is 0 Å². The molecule has 0 aliphatic rings. The highest BCUT2D eigenvalue weighted by Crippen LogP contribution is 2.32. The van der Waals surface area contributed by atoms with Crippen molar-refractivity contribution in [2.45, 2.75) is 34.6 Å². The van der Waals surface area contributed by atoms with Crippen LogP contribution >= 0.6 is 0 Å². The number of fused-ring (bicyclic) bond motifs is 5. The first-order valence-corrected chi connectivity index (χ1v) is 30.6. The maximum atomic E-state index is 4.55. The molecule has 0 bridgehead atoms. The van der Waals surface area contributed by atoms with Crippen LogP contribution in [0.3, 0.4) is 0 Å². The Bertz CT molecular complexity index is 4320. The van der Waals surface area contributed by atoms with E-state index in [-0.39, 0.29) is 0 Å². The monoisotopic (exact) mass is 1170 g/mol. The third-order valence-corrected chi connectivity index (χ3v) is 17.2. The van der Waals surface area contributed by atoms with E-state index < -0.39 is 0 Å². The van der Waals surface area contributed by atoms with E-state index in [2.05, 4.69) is 339 Å². The first-order chi connectivity index (χ1) is 43.9. The zero-order valence-electron chi connectivity index (χ0n) is 53.2. The Labute approximate surface area is 529 Å². The van der Waals surface area contributed by atoms with Crippen molar-refractivity contribution in [1.29, 1.82) is 0 Å². The van der Waals surface area contributed by atoms with Gasteiger partial charge in [-0.2, -0.15) is 0 Å². The lowest BCUT2D eigenvalue weighted by Gasteiger charge is -2.07. The fraction of sp³-hybridized carbons (Fsp3) is 0.122. The maximum absolute atomic E-state index is 4.55. The molecule has 0 unspecified atom stereocenters. The number of benzene rings is 7. The van der Waals surface area contributed by atoms with E-state index in [0.717, 1.165) is 11.0 Å². The minimum atomic E-state index is 1.05. The molecule has 8 aromatic heterocycles. The van der Waals surface area contributed by atoms with E-state index in [4.69, 9.17) is 0 Å². The van der Waals surface area contributed by atoms with Crippen molar-refractivity contribution in [2.75, 3.05) is 0 Å². The fourth-order valence-corrected chi connectivity index (χ4v) is 12.1. The standard InChI is InChI=1S/2C17H16N.3C16H15N2/c2*1-13-15-8-4-3-7-14(15)10-11-16(13)17-9-5-6-12-18(17)2;1-12-13-6-5-10-17-15(13)9-8-14(12)16-7-3-4-11-18(16)2;1-12-13-7-3-4-8-15(13)17-11-14(12)16-9-5-6-10-18(16)2;1-12-14-8-9-17-11-13(14)6-7-15(12)16-5-3-4-10-18(16)2/h2*3-12H,1-2H3;3*3-11H,1-2H3/q5*+1. The number of nitrogens with zero attached hydrogens (tertiary/aromatic N) is 8. The van der Waals surface area contributed by atoms with Gasteiger partial charge < -0.3 is 0 Å². The van der Waals surface area contributed by atoms with Gasteiger partial charge in [0.25, 0.3) is 0 Å². The lowest BCUT2D eigenvalue weighted by atomic mass is 9.98. The molecule has 440 valence electrons. The summed E-state index contributed by atoms with van der Waals surface area (Å²) in [4.78, 5) is 13.1. The Morgan fingerprint density at radius 1 is 0.233 bits per heavy atom. The molecule has 0 N–H and O–H groups in total. The first-order valence-electron chi connectivity index (χ1n) is 30.6. The minimum Gasteiger partial charge on any atom is -0.264 e. The van der Waals surface area contributed by atoms with E-state index in [1.807, 2.05) is 55.1 Å². The van der Waals surface area contributed by atoms with Crippen molar-refractivity contribution in [3.63, 3.8) is 0 Å². The van der Waals surface area contributed by atoms with Gasteiger partial charge in [0.05, 0.1) is 16.6 Å². The summed E-state index contributed by atoms with van der Waals surface area (Å²) < 4.78 is 10.7. The maximum Gasteiger partial charge on any atom is 0.214 e. The van der Waals surface area contributed by atoms with Gasteiger partial charge in [0, 0.05) is 124 Å². The lowest BCUT2D eigenvalue weighted by Crippen LogP contribution is -2.30. The number of pyridine rings is 8. The summed E-state index contributed by atoms with van der Waals surface area (Å²) in [5.41, 5.74) is 21.1. The molecule has 8 nitrogen and oxygen atoms in total.